The number of aliphatic hydroxyl groups is 1. The largest absolute Gasteiger partial charge is 0.467 e. The van der Waals surface area contributed by atoms with Gasteiger partial charge in [0.1, 0.15) is 5.60 Å². The predicted molar refractivity (Wildman–Crippen MR) is 59.5 cm³/mol. The molecule has 16 heavy (non-hydrogen) atoms. The van der Waals surface area contributed by atoms with E-state index in [0.717, 1.165) is 0 Å². The first-order valence-corrected chi connectivity index (χ1v) is 4.48. The van der Waals surface area contributed by atoms with Crippen molar-refractivity contribution in [1.29, 1.82) is 0 Å². The Morgan fingerprint density at radius 2 is 1.88 bits per heavy atom. The average molecular weight is 256 g/mol. The lowest BCUT2D eigenvalue weighted by Gasteiger charge is -2.21. The van der Waals surface area contributed by atoms with E-state index in [2.05, 4.69) is 10.1 Å². The third-order valence-electron chi connectivity index (χ3n) is 1.36. The maximum absolute atomic E-state index is 11.2. The van der Waals surface area contributed by atoms with E-state index in [4.69, 9.17) is 9.84 Å². The van der Waals surface area contributed by atoms with Gasteiger partial charge in [-0.2, -0.15) is 0 Å². The second-order valence-electron chi connectivity index (χ2n) is 3.90. The van der Waals surface area contributed by atoms with Gasteiger partial charge in [-0.1, -0.05) is 0 Å². The van der Waals surface area contributed by atoms with Gasteiger partial charge in [0.15, 0.2) is 6.04 Å². The molecule has 2 N–H and O–H groups in total. The lowest BCUT2D eigenvalue weighted by atomic mass is 10.2. The maximum Gasteiger partial charge on any atom is 0.408 e. The first kappa shape index (κ1) is 17.4. The summed E-state index contributed by atoms with van der Waals surface area (Å²) >= 11 is 0. The first-order valence-electron chi connectivity index (χ1n) is 4.48. The van der Waals surface area contributed by atoms with Crippen molar-refractivity contribution in [2.24, 2.45) is 0 Å². The van der Waals surface area contributed by atoms with Crippen LogP contribution in [0.15, 0.2) is 0 Å². The molecule has 96 valence electrons. The number of aliphatic hydroxyl groups excluding tert-OH is 1. The Balaban J connectivity index is 0. The molecule has 0 saturated carbocycles. The molecule has 0 radical (unpaired) electrons. The molecule has 6 nitrogen and oxygen atoms in total. The number of alkyl carbamates (subject to hydrolysis) is 1. The number of hydrogen-bond donors (Lipinski definition) is 2. The van der Waals surface area contributed by atoms with Crippen molar-refractivity contribution in [3.63, 3.8) is 0 Å². The zero-order chi connectivity index (χ0) is 12.1. The second kappa shape index (κ2) is 7.29. The van der Waals surface area contributed by atoms with Gasteiger partial charge >= 0.3 is 12.1 Å². The number of esters is 1. The zero-order valence-corrected chi connectivity index (χ0v) is 10.6. The van der Waals surface area contributed by atoms with Gasteiger partial charge in [-0.05, 0) is 20.8 Å². The molecule has 0 aliphatic heterocycles. The SMILES string of the molecule is COC(=O)[C@H](CO)NC(=O)OC(C)(C)C.Cl. The molecule has 0 saturated heterocycles. The van der Waals surface area contributed by atoms with Crippen LogP contribution in [0.5, 0.6) is 0 Å². The molecule has 1 amide bonds. The van der Waals surface area contributed by atoms with Crippen LogP contribution < -0.4 is 5.32 Å². The van der Waals surface area contributed by atoms with Crippen LogP contribution in [0, 0.1) is 0 Å². The predicted octanol–water partition coefficient (Wildman–Crippen LogP) is 0.467. The van der Waals surface area contributed by atoms with Crippen LogP contribution in [0.4, 0.5) is 4.79 Å². The molecule has 7 heteroatoms. The number of hydrogen-bond acceptors (Lipinski definition) is 5. The fraction of sp³-hybridized carbons (Fsp3) is 0.778. The van der Waals surface area contributed by atoms with Gasteiger partial charge in [0.2, 0.25) is 0 Å². The monoisotopic (exact) mass is 255 g/mol. The number of amides is 1. The Labute approximate surface area is 101 Å². The average Bonchev–Trinajstić information content (AvgIpc) is 2.10. The van der Waals surface area contributed by atoms with E-state index in [0.29, 0.717) is 0 Å². The number of carbonyl (C=O) groups is 2. The minimum absolute atomic E-state index is 0. The second-order valence-corrected chi connectivity index (χ2v) is 3.90. The van der Waals surface area contributed by atoms with Crippen LogP contribution in [-0.2, 0) is 14.3 Å². The van der Waals surface area contributed by atoms with Gasteiger partial charge in [-0.25, -0.2) is 9.59 Å². The van der Waals surface area contributed by atoms with E-state index < -0.39 is 30.3 Å². The van der Waals surface area contributed by atoms with Crippen molar-refractivity contribution < 1.29 is 24.2 Å². The molecular formula is C9H18ClNO5. The summed E-state index contributed by atoms with van der Waals surface area (Å²) in [5.74, 6) is -0.719. The minimum Gasteiger partial charge on any atom is -0.467 e. The van der Waals surface area contributed by atoms with E-state index in [9.17, 15) is 9.59 Å². The molecule has 0 spiro atoms. The zero-order valence-electron chi connectivity index (χ0n) is 9.77. The molecule has 0 bridgehead atoms. The standard InChI is InChI=1S/C9H17NO5.ClH/c1-9(2,3)15-8(13)10-6(5-11)7(12)14-4;/h6,11H,5H2,1-4H3,(H,10,13);1H/t6-;/m0./s1. The van der Waals surface area contributed by atoms with Gasteiger partial charge < -0.3 is 19.9 Å². The third-order valence-corrected chi connectivity index (χ3v) is 1.36. The molecular weight excluding hydrogens is 238 g/mol. The molecule has 0 rings (SSSR count). The number of carbonyl (C=O) groups excluding carboxylic acids is 2. The fourth-order valence-corrected chi connectivity index (χ4v) is 0.771. The summed E-state index contributed by atoms with van der Waals surface area (Å²) < 4.78 is 9.26. The van der Waals surface area contributed by atoms with E-state index in [1.54, 1.807) is 20.8 Å². The lowest BCUT2D eigenvalue weighted by Crippen LogP contribution is -2.46. The Morgan fingerprint density at radius 1 is 1.38 bits per heavy atom. The summed E-state index contributed by atoms with van der Waals surface area (Å²) in [6, 6.07) is -1.09. The topological polar surface area (TPSA) is 84.9 Å². The van der Waals surface area contributed by atoms with Crippen molar-refractivity contribution >= 4 is 24.5 Å². The summed E-state index contributed by atoms with van der Waals surface area (Å²) in [5, 5.41) is 11.0. The molecule has 0 aromatic carbocycles. The van der Waals surface area contributed by atoms with Crippen molar-refractivity contribution in [2.75, 3.05) is 13.7 Å². The van der Waals surface area contributed by atoms with Crippen molar-refractivity contribution in [3.8, 4) is 0 Å². The van der Waals surface area contributed by atoms with Crippen molar-refractivity contribution in [1.82, 2.24) is 5.32 Å². The van der Waals surface area contributed by atoms with E-state index >= 15 is 0 Å². The Kier molecular flexibility index (Phi) is 7.93. The van der Waals surface area contributed by atoms with Crippen LogP contribution in [-0.4, -0.2) is 42.5 Å². The van der Waals surface area contributed by atoms with Crippen LogP contribution in [0.2, 0.25) is 0 Å². The fourth-order valence-electron chi connectivity index (χ4n) is 0.771. The highest BCUT2D eigenvalue weighted by molar-refractivity contribution is 5.85. The maximum atomic E-state index is 11.2. The molecule has 0 fully saturated rings. The Bertz CT molecular complexity index is 239. The van der Waals surface area contributed by atoms with Crippen LogP contribution in [0.3, 0.4) is 0 Å². The molecule has 0 aromatic rings. The Hall–Kier alpha value is -1.01. The van der Waals surface area contributed by atoms with Gasteiger partial charge in [0.25, 0.3) is 0 Å². The Morgan fingerprint density at radius 3 is 2.19 bits per heavy atom. The van der Waals surface area contributed by atoms with Crippen molar-refractivity contribution in [2.45, 2.75) is 32.4 Å². The van der Waals surface area contributed by atoms with Gasteiger partial charge in [-0.15, -0.1) is 12.4 Å². The van der Waals surface area contributed by atoms with Gasteiger partial charge in [-0.3, -0.25) is 0 Å². The molecule has 0 aromatic heterocycles. The van der Waals surface area contributed by atoms with Crippen LogP contribution in [0.1, 0.15) is 20.8 Å². The first-order chi connectivity index (χ1) is 6.80. The molecule has 0 aliphatic carbocycles. The molecule has 1 atom stereocenters. The highest BCUT2D eigenvalue weighted by Gasteiger charge is 2.23. The van der Waals surface area contributed by atoms with Crippen LogP contribution >= 0.6 is 12.4 Å². The highest BCUT2D eigenvalue weighted by atomic mass is 35.5. The summed E-state index contributed by atoms with van der Waals surface area (Å²) in [6.45, 7) is 4.54. The quantitative estimate of drug-likeness (QED) is 0.716. The summed E-state index contributed by atoms with van der Waals surface area (Å²) in [7, 11) is 1.17. The highest BCUT2D eigenvalue weighted by Crippen LogP contribution is 2.06. The van der Waals surface area contributed by atoms with Crippen molar-refractivity contribution in [3.05, 3.63) is 0 Å². The number of methoxy groups -OCH3 is 1. The summed E-state index contributed by atoms with van der Waals surface area (Å²) in [6.07, 6.45) is -0.771. The smallest absolute Gasteiger partial charge is 0.408 e. The molecule has 0 heterocycles. The number of halogens is 1. The van der Waals surface area contributed by atoms with Gasteiger partial charge in [0.05, 0.1) is 13.7 Å². The summed E-state index contributed by atoms with van der Waals surface area (Å²) in [4.78, 5) is 22.2. The normalized spacial score (nSPS) is 12.1. The number of ether oxygens (including phenoxy) is 2. The minimum atomic E-state index is -1.09. The lowest BCUT2D eigenvalue weighted by molar-refractivity contribution is -0.144. The number of nitrogens with one attached hydrogen (secondary N) is 1. The third kappa shape index (κ3) is 7.30. The van der Waals surface area contributed by atoms with E-state index in [-0.39, 0.29) is 12.4 Å². The molecule has 0 aliphatic rings. The van der Waals surface area contributed by atoms with E-state index in [1.807, 2.05) is 0 Å². The number of rotatable bonds is 3. The molecule has 0 unspecified atom stereocenters. The summed E-state index contributed by atoms with van der Waals surface area (Å²) in [5.41, 5.74) is -0.653. The van der Waals surface area contributed by atoms with Crippen LogP contribution in [0.25, 0.3) is 0 Å². The van der Waals surface area contributed by atoms with E-state index in [1.165, 1.54) is 7.11 Å². The van der Waals surface area contributed by atoms with Gasteiger partial charge in [0, 0.05) is 0 Å².